The van der Waals surface area contributed by atoms with Crippen LogP contribution in [0.2, 0.25) is 0 Å². The van der Waals surface area contributed by atoms with E-state index in [1.165, 1.54) is 66.4 Å². The Hall–Kier alpha value is -6.84. The topological polar surface area (TPSA) is 29.5 Å². The van der Waals surface area contributed by atoms with Gasteiger partial charge in [0.25, 0.3) is 0 Å². The van der Waals surface area contributed by atoms with Crippen LogP contribution in [0.1, 0.15) is 103 Å². The van der Waals surface area contributed by atoms with Gasteiger partial charge in [0, 0.05) is 60.4 Å². The SMILES string of the molecule is CC(C)(C)c1cc(C(C)(C)C)c2oc3ccc4c(c3c2c1)-c1c(N(c2ccc(-c3cccc5c3oc3ccccc35)cc2)c2ccc3c(c2)C(C)(C)c2ccccc2-3)cccc1C4(C)C. The number of rotatable bonds is 4. The summed E-state index contributed by atoms with van der Waals surface area (Å²) in [6, 6.07) is 56.3. The van der Waals surface area contributed by atoms with E-state index in [9.17, 15) is 0 Å². The Kier molecular flexibility index (Phi) is 8.17. The molecule has 3 nitrogen and oxygen atoms in total. The second-order valence-electron chi connectivity index (χ2n) is 21.8. The largest absolute Gasteiger partial charge is 0.456 e. The van der Waals surface area contributed by atoms with E-state index in [0.717, 1.165) is 61.3 Å². The van der Waals surface area contributed by atoms with Gasteiger partial charge >= 0.3 is 0 Å². The number of hydrogen-bond acceptors (Lipinski definition) is 3. The summed E-state index contributed by atoms with van der Waals surface area (Å²) in [6.45, 7) is 23.4. The number of hydrogen-bond donors (Lipinski definition) is 0. The molecule has 2 aliphatic rings. The van der Waals surface area contributed by atoms with Crippen LogP contribution in [-0.4, -0.2) is 0 Å². The molecule has 2 heterocycles. The second-order valence-corrected chi connectivity index (χ2v) is 21.8. The minimum Gasteiger partial charge on any atom is -0.456 e. The highest BCUT2D eigenvalue weighted by atomic mass is 16.3. The van der Waals surface area contributed by atoms with Crippen molar-refractivity contribution in [3.05, 3.63) is 185 Å². The smallest absolute Gasteiger partial charge is 0.143 e. The van der Waals surface area contributed by atoms with Gasteiger partial charge in [-0.3, -0.25) is 0 Å². The lowest BCUT2D eigenvalue weighted by Gasteiger charge is -2.30. The molecule has 0 saturated heterocycles. The maximum Gasteiger partial charge on any atom is 0.143 e. The summed E-state index contributed by atoms with van der Waals surface area (Å²) in [6.07, 6.45) is 0. The lowest BCUT2D eigenvalue weighted by atomic mass is 9.79. The molecule has 0 amide bonds. The molecule has 0 bridgehead atoms. The van der Waals surface area contributed by atoms with Crippen LogP contribution in [0.25, 0.3) is 77.3 Å². The fourth-order valence-corrected chi connectivity index (χ4v) is 11.4. The molecular weight excluding hydrogens is 791 g/mol. The van der Waals surface area contributed by atoms with Gasteiger partial charge in [-0.05, 0) is 109 Å². The molecule has 2 aliphatic carbocycles. The highest BCUT2D eigenvalue weighted by Crippen LogP contribution is 2.59. The van der Waals surface area contributed by atoms with Crippen LogP contribution in [0.15, 0.2) is 160 Å². The van der Waals surface area contributed by atoms with Crippen molar-refractivity contribution in [2.75, 3.05) is 4.90 Å². The first-order valence-corrected chi connectivity index (χ1v) is 23.3. The standard InChI is InChI=1S/C62H55NO2/c1-59(2,3)37-33-45-54-53(65-58(45)50(34-37)60(4,5)6)32-31-48-56(54)55-47(62(48,9)10)22-16-23-51(55)63(39-29-30-42-41-17-11-13-21-46(41)61(7,8)49(42)35-39)38-27-25-36(26-28-38)40-19-15-20-44-43-18-12-14-24-52(43)64-57(40)44/h11-35H,1-10H3. The summed E-state index contributed by atoms with van der Waals surface area (Å²) in [5.74, 6) is 0. The monoisotopic (exact) mass is 845 g/mol. The molecule has 2 aromatic heterocycles. The first-order valence-electron chi connectivity index (χ1n) is 23.3. The molecule has 0 radical (unpaired) electrons. The zero-order valence-electron chi connectivity index (χ0n) is 39.2. The van der Waals surface area contributed by atoms with Gasteiger partial charge in [-0.1, -0.05) is 172 Å². The van der Waals surface area contributed by atoms with Crippen molar-refractivity contribution in [3.8, 4) is 33.4 Å². The first-order chi connectivity index (χ1) is 31.0. The van der Waals surface area contributed by atoms with Gasteiger partial charge in [-0.15, -0.1) is 0 Å². The van der Waals surface area contributed by atoms with Crippen LogP contribution in [0.5, 0.6) is 0 Å². The molecule has 0 N–H and O–H groups in total. The highest BCUT2D eigenvalue weighted by molar-refractivity contribution is 6.18. The Morgan fingerprint density at radius 1 is 0.431 bits per heavy atom. The van der Waals surface area contributed by atoms with E-state index in [1.807, 2.05) is 6.07 Å². The van der Waals surface area contributed by atoms with Crippen LogP contribution < -0.4 is 4.90 Å². The Labute approximate surface area is 382 Å². The van der Waals surface area contributed by atoms with E-state index in [-0.39, 0.29) is 21.7 Å². The zero-order valence-corrected chi connectivity index (χ0v) is 39.2. The quantitative estimate of drug-likeness (QED) is 0.177. The maximum absolute atomic E-state index is 7.04. The van der Waals surface area contributed by atoms with Crippen molar-refractivity contribution < 1.29 is 8.83 Å². The lowest BCUT2D eigenvalue weighted by molar-refractivity contribution is 0.559. The van der Waals surface area contributed by atoms with Crippen molar-refractivity contribution in [2.45, 2.75) is 90.9 Å². The average molecular weight is 846 g/mol. The Bertz CT molecular complexity index is 3610. The molecule has 0 aliphatic heterocycles. The summed E-state index contributed by atoms with van der Waals surface area (Å²) in [5.41, 5.74) is 21.9. The first kappa shape index (κ1) is 39.7. The van der Waals surface area contributed by atoms with E-state index >= 15 is 0 Å². The summed E-state index contributed by atoms with van der Waals surface area (Å²) in [4.78, 5) is 2.51. The molecule has 8 aromatic carbocycles. The normalized spacial score (nSPS) is 14.9. The van der Waals surface area contributed by atoms with Crippen LogP contribution in [-0.2, 0) is 21.7 Å². The van der Waals surface area contributed by atoms with Crippen molar-refractivity contribution in [1.29, 1.82) is 0 Å². The van der Waals surface area contributed by atoms with Crippen LogP contribution >= 0.6 is 0 Å². The minimum absolute atomic E-state index is 0.0437. The molecular formula is C62H55NO2. The number of benzene rings is 8. The fraction of sp³-hybridized carbons (Fsp3) is 0.226. The third-order valence-corrected chi connectivity index (χ3v) is 15.0. The van der Waals surface area contributed by atoms with Gasteiger partial charge in [-0.25, -0.2) is 0 Å². The minimum atomic E-state index is -0.255. The van der Waals surface area contributed by atoms with Gasteiger partial charge in [0.2, 0.25) is 0 Å². The lowest BCUT2D eigenvalue weighted by Crippen LogP contribution is -2.17. The molecule has 10 aromatic rings. The van der Waals surface area contributed by atoms with Crippen molar-refractivity contribution in [1.82, 2.24) is 0 Å². The van der Waals surface area contributed by atoms with Gasteiger partial charge < -0.3 is 13.7 Å². The second kappa shape index (κ2) is 13.4. The fourth-order valence-electron chi connectivity index (χ4n) is 11.4. The van der Waals surface area contributed by atoms with E-state index in [0.29, 0.717) is 0 Å². The van der Waals surface area contributed by atoms with Crippen molar-refractivity contribution in [3.63, 3.8) is 0 Å². The summed E-state index contributed by atoms with van der Waals surface area (Å²) in [7, 11) is 0. The molecule has 0 spiro atoms. The molecule has 0 unspecified atom stereocenters. The molecule has 0 atom stereocenters. The van der Waals surface area contributed by atoms with E-state index in [2.05, 4.69) is 220 Å². The number of anilines is 3. The summed E-state index contributed by atoms with van der Waals surface area (Å²) < 4.78 is 13.6. The molecule has 0 fully saturated rings. The van der Waals surface area contributed by atoms with Crippen LogP contribution in [0.3, 0.4) is 0 Å². The molecule has 12 rings (SSSR count). The molecule has 320 valence electrons. The maximum atomic E-state index is 7.04. The Morgan fingerprint density at radius 3 is 1.85 bits per heavy atom. The van der Waals surface area contributed by atoms with E-state index < -0.39 is 0 Å². The van der Waals surface area contributed by atoms with Gasteiger partial charge in [0.05, 0.1) is 5.69 Å². The van der Waals surface area contributed by atoms with Crippen molar-refractivity contribution >= 4 is 60.9 Å². The van der Waals surface area contributed by atoms with Crippen molar-refractivity contribution in [2.24, 2.45) is 0 Å². The highest BCUT2D eigenvalue weighted by Gasteiger charge is 2.41. The Balaban J connectivity index is 1.12. The predicted molar refractivity (Wildman–Crippen MR) is 274 cm³/mol. The van der Waals surface area contributed by atoms with Gasteiger partial charge in [0.15, 0.2) is 0 Å². The Morgan fingerprint density at radius 2 is 1.06 bits per heavy atom. The van der Waals surface area contributed by atoms with Gasteiger partial charge in [0.1, 0.15) is 22.3 Å². The third kappa shape index (κ3) is 5.67. The van der Waals surface area contributed by atoms with E-state index in [1.54, 1.807) is 0 Å². The summed E-state index contributed by atoms with van der Waals surface area (Å²) in [5, 5.41) is 4.67. The number of para-hydroxylation sites is 2. The summed E-state index contributed by atoms with van der Waals surface area (Å²) >= 11 is 0. The van der Waals surface area contributed by atoms with Crippen LogP contribution in [0, 0.1) is 0 Å². The molecule has 0 saturated carbocycles. The number of furan rings is 2. The van der Waals surface area contributed by atoms with Gasteiger partial charge in [-0.2, -0.15) is 0 Å². The molecule has 3 heteroatoms. The van der Waals surface area contributed by atoms with Crippen LogP contribution in [0.4, 0.5) is 17.1 Å². The third-order valence-electron chi connectivity index (χ3n) is 15.0. The van der Waals surface area contributed by atoms with E-state index in [4.69, 9.17) is 8.83 Å². The molecule has 65 heavy (non-hydrogen) atoms. The number of fused-ring (bicyclic) bond motifs is 13. The zero-order chi connectivity index (χ0) is 44.9. The average Bonchev–Trinajstić information content (AvgIpc) is 3.98. The predicted octanol–water partition coefficient (Wildman–Crippen LogP) is 17.8. The number of nitrogens with zero attached hydrogens (tertiary/aromatic N) is 1.